The van der Waals surface area contributed by atoms with Crippen molar-refractivity contribution in [2.75, 3.05) is 24.5 Å². The third-order valence-corrected chi connectivity index (χ3v) is 4.37. The summed E-state index contributed by atoms with van der Waals surface area (Å²) in [5.74, 6) is -0.0104. The lowest BCUT2D eigenvalue weighted by Gasteiger charge is -2.28. The zero-order valence-electron chi connectivity index (χ0n) is 13.9. The molecule has 22 heavy (non-hydrogen) atoms. The quantitative estimate of drug-likeness (QED) is 0.839. The fourth-order valence-corrected chi connectivity index (χ4v) is 3.11. The Bertz CT molecular complexity index is 526. The second kappa shape index (κ2) is 7.43. The molecule has 0 saturated carbocycles. The molecule has 0 bridgehead atoms. The van der Waals surface area contributed by atoms with Gasteiger partial charge < -0.3 is 9.80 Å². The fraction of sp³-hybridized carbons (Fsp3) is 0.556. The van der Waals surface area contributed by atoms with Crippen molar-refractivity contribution in [3.05, 3.63) is 29.3 Å². The average molecular weight is 302 g/mol. The van der Waals surface area contributed by atoms with E-state index in [1.807, 2.05) is 23.1 Å². The van der Waals surface area contributed by atoms with E-state index in [4.69, 9.17) is 0 Å². The molecule has 0 N–H and O–H groups in total. The first-order chi connectivity index (χ1) is 10.6. The molecule has 2 rings (SSSR count). The molecule has 0 aromatic heterocycles. The number of para-hydroxylation sites is 1. The maximum absolute atomic E-state index is 12.5. The Hall–Kier alpha value is -1.84. The van der Waals surface area contributed by atoms with Crippen LogP contribution >= 0.6 is 0 Å². The monoisotopic (exact) mass is 302 g/mol. The molecule has 0 atom stereocenters. The van der Waals surface area contributed by atoms with Gasteiger partial charge in [0.1, 0.15) is 6.54 Å². The predicted octanol–water partition coefficient (Wildman–Crippen LogP) is 2.79. The van der Waals surface area contributed by atoms with E-state index in [-0.39, 0.29) is 18.4 Å². The van der Waals surface area contributed by atoms with Crippen molar-refractivity contribution in [2.24, 2.45) is 0 Å². The summed E-state index contributed by atoms with van der Waals surface area (Å²) in [7, 11) is 0. The van der Waals surface area contributed by atoms with E-state index in [0.717, 1.165) is 55.6 Å². The molecule has 4 heteroatoms. The number of amides is 2. The van der Waals surface area contributed by atoms with Gasteiger partial charge in [-0.2, -0.15) is 0 Å². The van der Waals surface area contributed by atoms with Crippen LogP contribution in [0.3, 0.4) is 0 Å². The minimum atomic E-state index is -0.0665. The molecule has 1 saturated heterocycles. The lowest BCUT2D eigenvalue weighted by Crippen LogP contribution is -2.42. The zero-order chi connectivity index (χ0) is 16.1. The van der Waals surface area contributed by atoms with Crippen LogP contribution in [0.1, 0.15) is 44.7 Å². The number of hydrogen-bond acceptors (Lipinski definition) is 2. The lowest BCUT2D eigenvalue weighted by atomic mass is 10.0. The molecule has 4 nitrogen and oxygen atoms in total. The molecule has 0 spiro atoms. The van der Waals surface area contributed by atoms with Crippen molar-refractivity contribution in [2.45, 2.75) is 46.5 Å². The van der Waals surface area contributed by atoms with E-state index in [0.29, 0.717) is 0 Å². The van der Waals surface area contributed by atoms with Crippen LogP contribution in [0.5, 0.6) is 0 Å². The van der Waals surface area contributed by atoms with Crippen LogP contribution in [0.25, 0.3) is 0 Å². The SMILES string of the molecule is CCc1cccc(CC)c1N(CC(=O)N1CCCC1)C(C)=O. The summed E-state index contributed by atoms with van der Waals surface area (Å²) in [5, 5.41) is 0. The van der Waals surface area contributed by atoms with Crippen molar-refractivity contribution in [3.63, 3.8) is 0 Å². The van der Waals surface area contributed by atoms with Crippen LogP contribution in [0.15, 0.2) is 18.2 Å². The normalized spacial score (nSPS) is 14.2. The van der Waals surface area contributed by atoms with Crippen LogP contribution in [-0.2, 0) is 22.4 Å². The van der Waals surface area contributed by atoms with Crippen molar-refractivity contribution >= 4 is 17.5 Å². The van der Waals surface area contributed by atoms with Gasteiger partial charge in [-0.25, -0.2) is 0 Å². The van der Waals surface area contributed by atoms with Gasteiger partial charge in [-0.05, 0) is 36.8 Å². The lowest BCUT2D eigenvalue weighted by molar-refractivity contribution is -0.130. The van der Waals surface area contributed by atoms with E-state index in [2.05, 4.69) is 13.8 Å². The molecule has 1 fully saturated rings. The number of carbonyl (C=O) groups excluding carboxylic acids is 2. The summed E-state index contributed by atoms with van der Waals surface area (Å²) >= 11 is 0. The Balaban J connectivity index is 2.31. The highest BCUT2D eigenvalue weighted by atomic mass is 16.2. The third kappa shape index (κ3) is 3.49. The predicted molar refractivity (Wildman–Crippen MR) is 89.0 cm³/mol. The smallest absolute Gasteiger partial charge is 0.242 e. The minimum absolute atomic E-state index is 0.0562. The van der Waals surface area contributed by atoms with Crippen LogP contribution < -0.4 is 4.90 Å². The van der Waals surface area contributed by atoms with Gasteiger partial charge in [-0.3, -0.25) is 9.59 Å². The Morgan fingerprint density at radius 3 is 2.09 bits per heavy atom. The molecule has 1 aliphatic rings. The summed E-state index contributed by atoms with van der Waals surface area (Å²) in [5.41, 5.74) is 3.19. The van der Waals surface area contributed by atoms with E-state index in [1.165, 1.54) is 0 Å². The van der Waals surface area contributed by atoms with E-state index < -0.39 is 0 Å². The number of hydrogen-bond donors (Lipinski definition) is 0. The molecule has 1 heterocycles. The molecule has 0 aliphatic carbocycles. The molecular weight excluding hydrogens is 276 g/mol. The molecule has 1 aromatic rings. The summed E-state index contributed by atoms with van der Waals surface area (Å²) < 4.78 is 0. The molecule has 0 unspecified atom stereocenters. The van der Waals surface area contributed by atoms with Gasteiger partial charge in [0.15, 0.2) is 0 Å². The Morgan fingerprint density at radius 2 is 1.64 bits per heavy atom. The van der Waals surface area contributed by atoms with Gasteiger partial charge >= 0.3 is 0 Å². The van der Waals surface area contributed by atoms with Gasteiger partial charge in [-0.15, -0.1) is 0 Å². The molecule has 1 aliphatic heterocycles. The van der Waals surface area contributed by atoms with Crippen molar-refractivity contribution < 1.29 is 9.59 Å². The Labute approximate surface area is 133 Å². The van der Waals surface area contributed by atoms with Gasteiger partial charge in [0.25, 0.3) is 0 Å². The summed E-state index contributed by atoms with van der Waals surface area (Å²) in [6, 6.07) is 6.12. The van der Waals surface area contributed by atoms with E-state index in [1.54, 1.807) is 11.8 Å². The van der Waals surface area contributed by atoms with Crippen molar-refractivity contribution in [1.82, 2.24) is 4.90 Å². The average Bonchev–Trinajstić information content (AvgIpc) is 3.05. The van der Waals surface area contributed by atoms with Gasteiger partial charge in [0.05, 0.1) is 5.69 Å². The third-order valence-electron chi connectivity index (χ3n) is 4.37. The van der Waals surface area contributed by atoms with Crippen molar-refractivity contribution in [3.8, 4) is 0 Å². The zero-order valence-corrected chi connectivity index (χ0v) is 13.9. The molecule has 2 amide bonds. The Kier molecular flexibility index (Phi) is 5.58. The molecule has 1 aromatic carbocycles. The number of benzene rings is 1. The van der Waals surface area contributed by atoms with Gasteiger partial charge in [-0.1, -0.05) is 32.0 Å². The largest absolute Gasteiger partial charge is 0.341 e. The number of likely N-dealkylation sites (tertiary alicyclic amines) is 1. The van der Waals surface area contributed by atoms with Crippen molar-refractivity contribution in [1.29, 1.82) is 0 Å². The van der Waals surface area contributed by atoms with Crippen LogP contribution in [0.2, 0.25) is 0 Å². The summed E-state index contributed by atoms with van der Waals surface area (Å²) in [6.07, 6.45) is 3.84. The molecule has 120 valence electrons. The first kappa shape index (κ1) is 16.5. The second-order valence-electron chi connectivity index (χ2n) is 5.83. The van der Waals surface area contributed by atoms with E-state index in [9.17, 15) is 9.59 Å². The number of nitrogens with zero attached hydrogens (tertiary/aromatic N) is 2. The molecular formula is C18H26N2O2. The Morgan fingerprint density at radius 1 is 1.09 bits per heavy atom. The van der Waals surface area contributed by atoms with E-state index >= 15 is 0 Å². The summed E-state index contributed by atoms with van der Waals surface area (Å²) in [6.45, 7) is 7.50. The first-order valence-corrected chi connectivity index (χ1v) is 8.25. The fourth-order valence-electron chi connectivity index (χ4n) is 3.11. The maximum atomic E-state index is 12.5. The topological polar surface area (TPSA) is 40.6 Å². The highest BCUT2D eigenvalue weighted by Crippen LogP contribution is 2.27. The maximum Gasteiger partial charge on any atom is 0.242 e. The molecule has 0 radical (unpaired) electrons. The van der Waals surface area contributed by atoms with Gasteiger partial charge in [0, 0.05) is 20.0 Å². The second-order valence-corrected chi connectivity index (χ2v) is 5.83. The van der Waals surface area contributed by atoms with Gasteiger partial charge in [0.2, 0.25) is 11.8 Å². The van der Waals surface area contributed by atoms with Crippen LogP contribution in [0, 0.1) is 0 Å². The standard InChI is InChI=1S/C18H26N2O2/c1-4-15-9-8-10-16(5-2)18(15)20(14(3)21)13-17(22)19-11-6-7-12-19/h8-10H,4-7,11-13H2,1-3H3. The number of aryl methyl sites for hydroxylation is 2. The number of rotatable bonds is 5. The van der Waals surface area contributed by atoms with Crippen LogP contribution in [-0.4, -0.2) is 36.3 Å². The number of anilines is 1. The van der Waals surface area contributed by atoms with Crippen LogP contribution in [0.4, 0.5) is 5.69 Å². The number of carbonyl (C=O) groups is 2. The highest BCUT2D eigenvalue weighted by Gasteiger charge is 2.25. The summed E-state index contributed by atoms with van der Waals surface area (Å²) in [4.78, 5) is 28.2. The first-order valence-electron chi connectivity index (χ1n) is 8.25. The highest BCUT2D eigenvalue weighted by molar-refractivity contribution is 5.98. The minimum Gasteiger partial charge on any atom is -0.341 e.